The Morgan fingerprint density at radius 1 is 1.20 bits per heavy atom. The topological polar surface area (TPSA) is 64.3 Å². The summed E-state index contributed by atoms with van der Waals surface area (Å²) < 4.78 is 5.43. The summed E-state index contributed by atoms with van der Waals surface area (Å²) in [5, 5.41) is 2.97. The van der Waals surface area contributed by atoms with E-state index < -0.39 is 0 Å². The van der Waals surface area contributed by atoms with Crippen molar-refractivity contribution in [1.29, 1.82) is 0 Å². The maximum absolute atomic E-state index is 11.7. The number of ether oxygens (including phenoxy) is 1. The fraction of sp³-hybridized carbons (Fsp3) is 0.562. The Bertz CT molecular complexity index is 394. The molecule has 0 fully saturated rings. The van der Waals surface area contributed by atoms with Gasteiger partial charge in [0.25, 0.3) is 0 Å². The molecule has 0 aliphatic heterocycles. The highest BCUT2D eigenvalue weighted by Crippen LogP contribution is 2.10. The molecule has 1 aromatic rings. The van der Waals surface area contributed by atoms with Crippen molar-refractivity contribution in [2.24, 2.45) is 5.73 Å². The van der Waals surface area contributed by atoms with Gasteiger partial charge in [-0.2, -0.15) is 0 Å². The first-order valence-corrected chi connectivity index (χ1v) is 7.39. The summed E-state index contributed by atoms with van der Waals surface area (Å²) in [6.07, 6.45) is 3.49. The van der Waals surface area contributed by atoms with Gasteiger partial charge >= 0.3 is 0 Å². The van der Waals surface area contributed by atoms with Gasteiger partial charge in [-0.15, -0.1) is 0 Å². The van der Waals surface area contributed by atoms with Crippen molar-refractivity contribution >= 4 is 5.91 Å². The van der Waals surface area contributed by atoms with Crippen LogP contribution in [0.3, 0.4) is 0 Å². The number of unbranched alkanes of at least 4 members (excludes halogenated alkanes) is 2. The van der Waals surface area contributed by atoms with Gasteiger partial charge in [-0.3, -0.25) is 4.79 Å². The molecule has 3 N–H and O–H groups in total. The Hall–Kier alpha value is -1.39. The molecular formula is C16H26N2O2. The zero-order valence-corrected chi connectivity index (χ0v) is 12.4. The van der Waals surface area contributed by atoms with Crippen molar-refractivity contribution in [2.45, 2.75) is 45.8 Å². The molecule has 4 heteroatoms. The molecule has 0 aromatic heterocycles. The predicted octanol–water partition coefficient (Wildman–Crippen LogP) is 2.36. The van der Waals surface area contributed by atoms with Gasteiger partial charge in [-0.1, -0.05) is 30.7 Å². The Balaban J connectivity index is 2.35. The van der Waals surface area contributed by atoms with Crippen molar-refractivity contribution in [2.75, 3.05) is 13.2 Å². The van der Waals surface area contributed by atoms with E-state index in [4.69, 9.17) is 10.5 Å². The molecule has 0 aliphatic rings. The van der Waals surface area contributed by atoms with Crippen LogP contribution in [0.25, 0.3) is 0 Å². The maximum Gasteiger partial charge on any atom is 0.220 e. The predicted molar refractivity (Wildman–Crippen MR) is 81.1 cm³/mol. The smallest absolute Gasteiger partial charge is 0.220 e. The van der Waals surface area contributed by atoms with Gasteiger partial charge in [0, 0.05) is 19.6 Å². The minimum Gasteiger partial charge on any atom is -0.377 e. The highest BCUT2D eigenvalue weighted by Gasteiger charge is 2.04. The van der Waals surface area contributed by atoms with Gasteiger partial charge in [-0.25, -0.2) is 0 Å². The zero-order valence-electron chi connectivity index (χ0n) is 12.4. The highest BCUT2D eigenvalue weighted by atomic mass is 16.5. The SMILES string of the molecule is CCOCc1ccccc1CNC(=O)CCCCCN. The molecule has 0 bridgehead atoms. The Morgan fingerprint density at radius 2 is 1.95 bits per heavy atom. The lowest BCUT2D eigenvalue weighted by molar-refractivity contribution is -0.121. The second-order valence-corrected chi connectivity index (χ2v) is 4.78. The number of amides is 1. The molecule has 0 heterocycles. The Labute approximate surface area is 121 Å². The summed E-state index contributed by atoms with van der Waals surface area (Å²) in [5.41, 5.74) is 7.68. The van der Waals surface area contributed by atoms with Crippen LogP contribution in [0, 0.1) is 0 Å². The average Bonchev–Trinajstić information content (AvgIpc) is 2.48. The first-order chi connectivity index (χ1) is 9.77. The fourth-order valence-corrected chi connectivity index (χ4v) is 1.97. The molecule has 0 spiro atoms. The summed E-state index contributed by atoms with van der Waals surface area (Å²) in [7, 11) is 0. The van der Waals surface area contributed by atoms with Crippen LogP contribution in [0.5, 0.6) is 0 Å². The number of hydrogen-bond acceptors (Lipinski definition) is 3. The van der Waals surface area contributed by atoms with Crippen molar-refractivity contribution < 1.29 is 9.53 Å². The summed E-state index contributed by atoms with van der Waals surface area (Å²) in [6, 6.07) is 8.05. The second-order valence-electron chi connectivity index (χ2n) is 4.78. The molecule has 1 amide bonds. The fourth-order valence-electron chi connectivity index (χ4n) is 1.97. The Morgan fingerprint density at radius 3 is 2.65 bits per heavy atom. The monoisotopic (exact) mass is 278 g/mol. The van der Waals surface area contributed by atoms with Crippen LogP contribution in [-0.2, 0) is 22.7 Å². The van der Waals surface area contributed by atoms with E-state index in [-0.39, 0.29) is 5.91 Å². The Kier molecular flexibility index (Phi) is 8.67. The summed E-state index contributed by atoms with van der Waals surface area (Å²) in [5.74, 6) is 0.105. The van der Waals surface area contributed by atoms with E-state index in [2.05, 4.69) is 5.32 Å². The quantitative estimate of drug-likeness (QED) is 0.646. The van der Waals surface area contributed by atoms with Crippen molar-refractivity contribution in [1.82, 2.24) is 5.32 Å². The molecular weight excluding hydrogens is 252 g/mol. The normalized spacial score (nSPS) is 10.5. The average molecular weight is 278 g/mol. The van der Waals surface area contributed by atoms with Crippen LogP contribution >= 0.6 is 0 Å². The van der Waals surface area contributed by atoms with E-state index in [0.29, 0.717) is 32.7 Å². The van der Waals surface area contributed by atoms with Crippen molar-refractivity contribution in [3.63, 3.8) is 0 Å². The molecule has 0 unspecified atom stereocenters. The van der Waals surface area contributed by atoms with E-state index in [1.807, 2.05) is 31.2 Å². The van der Waals surface area contributed by atoms with E-state index in [9.17, 15) is 4.79 Å². The largest absolute Gasteiger partial charge is 0.377 e. The molecule has 20 heavy (non-hydrogen) atoms. The molecule has 1 aromatic carbocycles. The number of carbonyl (C=O) groups excluding carboxylic acids is 1. The molecule has 0 aliphatic carbocycles. The lowest BCUT2D eigenvalue weighted by Gasteiger charge is -2.10. The van der Waals surface area contributed by atoms with E-state index in [0.717, 1.165) is 30.4 Å². The van der Waals surface area contributed by atoms with Crippen LogP contribution in [0.4, 0.5) is 0 Å². The maximum atomic E-state index is 11.7. The molecule has 0 saturated carbocycles. The summed E-state index contributed by atoms with van der Waals surface area (Å²) in [4.78, 5) is 11.7. The number of hydrogen-bond donors (Lipinski definition) is 2. The van der Waals surface area contributed by atoms with Gasteiger partial charge in [0.2, 0.25) is 5.91 Å². The first kappa shape index (κ1) is 16.7. The molecule has 112 valence electrons. The molecule has 4 nitrogen and oxygen atoms in total. The van der Waals surface area contributed by atoms with Gasteiger partial charge in [0.05, 0.1) is 6.61 Å². The van der Waals surface area contributed by atoms with Crippen LogP contribution < -0.4 is 11.1 Å². The molecule has 0 saturated heterocycles. The lowest BCUT2D eigenvalue weighted by Crippen LogP contribution is -2.23. The number of benzene rings is 1. The van der Waals surface area contributed by atoms with Crippen molar-refractivity contribution in [3.8, 4) is 0 Å². The molecule has 1 rings (SSSR count). The van der Waals surface area contributed by atoms with Gasteiger partial charge < -0.3 is 15.8 Å². The van der Waals surface area contributed by atoms with Crippen LogP contribution in [0.1, 0.15) is 43.7 Å². The van der Waals surface area contributed by atoms with Gasteiger partial charge in [0.15, 0.2) is 0 Å². The third kappa shape index (κ3) is 6.68. The second kappa shape index (κ2) is 10.4. The third-order valence-electron chi connectivity index (χ3n) is 3.16. The zero-order chi connectivity index (χ0) is 14.6. The standard InChI is InChI=1S/C16H26N2O2/c1-2-20-13-15-9-6-5-8-14(15)12-18-16(19)10-4-3-7-11-17/h5-6,8-9H,2-4,7,10-13,17H2,1H3,(H,18,19). The minimum absolute atomic E-state index is 0.105. The number of carbonyl (C=O) groups is 1. The highest BCUT2D eigenvalue weighted by molar-refractivity contribution is 5.75. The van der Waals surface area contributed by atoms with Crippen LogP contribution in [0.2, 0.25) is 0 Å². The van der Waals surface area contributed by atoms with E-state index in [1.54, 1.807) is 0 Å². The third-order valence-corrected chi connectivity index (χ3v) is 3.16. The molecule has 0 atom stereocenters. The van der Waals surface area contributed by atoms with Crippen molar-refractivity contribution in [3.05, 3.63) is 35.4 Å². The number of rotatable bonds is 10. The summed E-state index contributed by atoms with van der Waals surface area (Å²) in [6.45, 7) is 4.54. The number of nitrogens with two attached hydrogens (primary N) is 1. The lowest BCUT2D eigenvalue weighted by atomic mass is 10.1. The van der Waals surface area contributed by atoms with E-state index >= 15 is 0 Å². The summed E-state index contributed by atoms with van der Waals surface area (Å²) >= 11 is 0. The minimum atomic E-state index is 0.105. The van der Waals surface area contributed by atoms with Gasteiger partial charge in [0.1, 0.15) is 0 Å². The van der Waals surface area contributed by atoms with Crippen LogP contribution in [-0.4, -0.2) is 19.1 Å². The van der Waals surface area contributed by atoms with Crippen LogP contribution in [0.15, 0.2) is 24.3 Å². The van der Waals surface area contributed by atoms with Gasteiger partial charge in [-0.05, 0) is 37.4 Å². The molecule has 0 radical (unpaired) electrons. The number of nitrogens with one attached hydrogen (secondary N) is 1. The first-order valence-electron chi connectivity index (χ1n) is 7.39. The van der Waals surface area contributed by atoms with E-state index in [1.165, 1.54) is 0 Å².